The van der Waals surface area contributed by atoms with Crippen LogP contribution in [0.25, 0.3) is 0 Å². The molecule has 0 amide bonds. The molecule has 118 valence electrons. The van der Waals surface area contributed by atoms with Crippen LogP contribution in [0.1, 0.15) is 32.6 Å². The quantitative estimate of drug-likeness (QED) is 0.596. The van der Waals surface area contributed by atoms with Gasteiger partial charge in [-0.15, -0.1) is 0 Å². The van der Waals surface area contributed by atoms with Gasteiger partial charge in [-0.2, -0.15) is 0 Å². The van der Waals surface area contributed by atoms with Gasteiger partial charge in [0.25, 0.3) is 0 Å². The zero-order chi connectivity index (χ0) is 15.9. The maximum atomic E-state index is 12.1. The predicted octanol–water partition coefficient (Wildman–Crippen LogP) is 2.85. The summed E-state index contributed by atoms with van der Waals surface area (Å²) in [6.07, 6.45) is 2.20. The Labute approximate surface area is 139 Å². The lowest BCUT2D eigenvalue weighted by Gasteiger charge is -2.14. The maximum absolute atomic E-state index is 12.1. The van der Waals surface area contributed by atoms with Gasteiger partial charge in [0.05, 0.1) is 4.90 Å². The Bertz CT molecular complexity index is 557. The summed E-state index contributed by atoms with van der Waals surface area (Å²) in [5, 5.41) is 8.67. The van der Waals surface area contributed by atoms with Gasteiger partial charge in [-0.25, -0.2) is 13.1 Å². The summed E-state index contributed by atoms with van der Waals surface area (Å²) in [7, 11) is -3.48. The Kier molecular flexibility index (Phi) is 7.61. The van der Waals surface area contributed by atoms with E-state index in [0.29, 0.717) is 19.4 Å². The number of benzene rings is 1. The third-order valence-electron chi connectivity index (χ3n) is 3.31. The molecule has 21 heavy (non-hydrogen) atoms. The Morgan fingerprint density at radius 2 is 1.90 bits per heavy atom. The fourth-order valence-corrected chi connectivity index (χ4v) is 3.38. The number of hydrogen-bond acceptors (Lipinski definition) is 3. The fraction of sp³-hybridized carbons (Fsp3) is 0.500. The molecule has 1 atom stereocenters. The van der Waals surface area contributed by atoms with Gasteiger partial charge in [-0.1, -0.05) is 13.3 Å². The second-order valence-corrected chi connectivity index (χ2v) is 7.86. The summed E-state index contributed by atoms with van der Waals surface area (Å²) in [6.45, 7) is 2.31. The van der Waals surface area contributed by atoms with Gasteiger partial charge in [0, 0.05) is 16.5 Å². The molecule has 0 saturated carbocycles. The third kappa shape index (κ3) is 6.75. The van der Waals surface area contributed by atoms with Crippen LogP contribution in [0, 0.1) is 9.49 Å². The van der Waals surface area contributed by atoms with Crippen molar-refractivity contribution in [2.45, 2.75) is 37.5 Å². The van der Waals surface area contributed by atoms with E-state index >= 15 is 0 Å². The van der Waals surface area contributed by atoms with Crippen LogP contribution in [-0.2, 0) is 14.8 Å². The third-order valence-corrected chi connectivity index (χ3v) is 5.51. The van der Waals surface area contributed by atoms with Crippen molar-refractivity contribution in [2.75, 3.05) is 6.54 Å². The number of nitrogens with one attached hydrogen (secondary N) is 1. The van der Waals surface area contributed by atoms with Crippen molar-refractivity contribution in [1.82, 2.24) is 4.72 Å². The topological polar surface area (TPSA) is 83.5 Å². The van der Waals surface area contributed by atoms with Gasteiger partial charge in [0.2, 0.25) is 10.0 Å². The van der Waals surface area contributed by atoms with Crippen LogP contribution in [0.5, 0.6) is 0 Å². The molecule has 1 unspecified atom stereocenters. The van der Waals surface area contributed by atoms with E-state index in [1.54, 1.807) is 24.3 Å². The Morgan fingerprint density at radius 3 is 2.43 bits per heavy atom. The molecule has 0 aliphatic carbocycles. The molecule has 0 aliphatic heterocycles. The van der Waals surface area contributed by atoms with Crippen LogP contribution >= 0.6 is 22.6 Å². The molecule has 0 aliphatic rings. The van der Waals surface area contributed by atoms with Crippen LogP contribution in [0.3, 0.4) is 0 Å². The molecule has 1 aromatic carbocycles. The number of carbonyl (C=O) groups is 1. The molecule has 0 saturated heterocycles. The van der Waals surface area contributed by atoms with E-state index in [1.807, 2.05) is 6.92 Å². The normalized spacial score (nSPS) is 13.0. The van der Waals surface area contributed by atoms with Gasteiger partial charge in [-0.05, 0) is 65.6 Å². The highest BCUT2D eigenvalue weighted by Gasteiger charge is 2.15. The molecule has 7 heteroatoms. The largest absolute Gasteiger partial charge is 0.481 e. The average molecular weight is 425 g/mol. The van der Waals surface area contributed by atoms with Gasteiger partial charge < -0.3 is 5.11 Å². The molecular weight excluding hydrogens is 405 g/mol. The lowest BCUT2D eigenvalue weighted by atomic mass is 9.97. The molecular formula is C14H20INO4S. The number of carboxylic acid groups (broad SMARTS) is 1. The van der Waals surface area contributed by atoms with E-state index in [-0.39, 0.29) is 17.2 Å². The number of aliphatic carboxylic acids is 1. The molecule has 1 rings (SSSR count). The lowest BCUT2D eigenvalue weighted by molar-refractivity contribution is -0.137. The smallest absolute Gasteiger partial charge is 0.303 e. The number of carboxylic acids is 1. The zero-order valence-electron chi connectivity index (χ0n) is 11.9. The summed E-state index contributed by atoms with van der Waals surface area (Å²) in [6, 6.07) is 6.64. The number of rotatable bonds is 9. The number of sulfonamides is 1. The Balaban J connectivity index is 2.49. The van der Waals surface area contributed by atoms with E-state index in [9.17, 15) is 13.2 Å². The first-order valence-electron chi connectivity index (χ1n) is 6.82. The standard InChI is InChI=1S/C14H20INO4S/c1-2-11(3-8-14(17)18)9-10-16-21(19,20)13-6-4-12(15)5-7-13/h4-7,11,16H,2-3,8-10H2,1H3,(H,17,18). The fourth-order valence-electron chi connectivity index (χ4n) is 1.97. The summed E-state index contributed by atoms with van der Waals surface area (Å²) < 4.78 is 27.7. The molecule has 0 bridgehead atoms. The predicted molar refractivity (Wildman–Crippen MR) is 89.6 cm³/mol. The zero-order valence-corrected chi connectivity index (χ0v) is 14.9. The first-order valence-corrected chi connectivity index (χ1v) is 9.38. The van der Waals surface area contributed by atoms with E-state index in [2.05, 4.69) is 27.3 Å². The molecule has 5 nitrogen and oxygen atoms in total. The second kappa shape index (κ2) is 8.70. The molecule has 0 aromatic heterocycles. The van der Waals surface area contributed by atoms with Crippen LogP contribution in [0.4, 0.5) is 0 Å². The van der Waals surface area contributed by atoms with Crippen molar-refractivity contribution >= 4 is 38.6 Å². The van der Waals surface area contributed by atoms with Crippen molar-refractivity contribution in [3.8, 4) is 0 Å². The van der Waals surface area contributed by atoms with Gasteiger partial charge in [0.15, 0.2) is 0 Å². The van der Waals surface area contributed by atoms with Crippen LogP contribution in [0.2, 0.25) is 0 Å². The summed E-state index contributed by atoms with van der Waals surface area (Å²) >= 11 is 2.12. The monoisotopic (exact) mass is 425 g/mol. The molecule has 0 heterocycles. The van der Waals surface area contributed by atoms with E-state index in [1.165, 1.54) is 0 Å². The van der Waals surface area contributed by atoms with Crippen molar-refractivity contribution in [2.24, 2.45) is 5.92 Å². The number of halogens is 1. The van der Waals surface area contributed by atoms with Crippen molar-refractivity contribution in [1.29, 1.82) is 0 Å². The maximum Gasteiger partial charge on any atom is 0.303 e. The molecule has 0 fully saturated rings. The van der Waals surface area contributed by atoms with Gasteiger partial charge in [0.1, 0.15) is 0 Å². The first-order chi connectivity index (χ1) is 9.85. The highest BCUT2D eigenvalue weighted by atomic mass is 127. The Hall–Kier alpha value is -0.670. The SMILES string of the molecule is CCC(CCNS(=O)(=O)c1ccc(I)cc1)CCC(=O)O. The average Bonchev–Trinajstić information content (AvgIpc) is 2.42. The molecule has 1 aromatic rings. The van der Waals surface area contributed by atoms with Crippen LogP contribution in [0.15, 0.2) is 29.2 Å². The summed E-state index contributed by atoms with van der Waals surface area (Å²) in [4.78, 5) is 10.8. The second-order valence-electron chi connectivity index (χ2n) is 4.85. The first kappa shape index (κ1) is 18.4. The highest BCUT2D eigenvalue weighted by molar-refractivity contribution is 14.1. The number of hydrogen-bond donors (Lipinski definition) is 2. The molecule has 2 N–H and O–H groups in total. The van der Waals surface area contributed by atoms with E-state index < -0.39 is 16.0 Å². The molecule has 0 spiro atoms. The minimum Gasteiger partial charge on any atom is -0.481 e. The minimum absolute atomic E-state index is 0.127. The van der Waals surface area contributed by atoms with Gasteiger partial charge in [-0.3, -0.25) is 4.79 Å². The van der Waals surface area contributed by atoms with Crippen molar-refractivity contribution in [3.05, 3.63) is 27.8 Å². The highest BCUT2D eigenvalue weighted by Crippen LogP contribution is 2.16. The minimum atomic E-state index is -3.48. The van der Waals surface area contributed by atoms with E-state index in [4.69, 9.17) is 5.11 Å². The van der Waals surface area contributed by atoms with Crippen molar-refractivity contribution in [3.63, 3.8) is 0 Å². The Morgan fingerprint density at radius 1 is 1.29 bits per heavy atom. The summed E-state index contributed by atoms with van der Waals surface area (Å²) in [5.74, 6) is -0.589. The van der Waals surface area contributed by atoms with Crippen LogP contribution < -0.4 is 4.72 Å². The lowest BCUT2D eigenvalue weighted by Crippen LogP contribution is -2.26. The molecule has 0 radical (unpaired) electrons. The van der Waals surface area contributed by atoms with E-state index in [0.717, 1.165) is 9.99 Å². The van der Waals surface area contributed by atoms with Crippen molar-refractivity contribution < 1.29 is 18.3 Å². The summed E-state index contributed by atoms with van der Waals surface area (Å²) in [5.41, 5.74) is 0. The van der Waals surface area contributed by atoms with Gasteiger partial charge >= 0.3 is 5.97 Å². The van der Waals surface area contributed by atoms with Crippen LogP contribution in [-0.4, -0.2) is 26.0 Å².